The van der Waals surface area contributed by atoms with E-state index in [0.29, 0.717) is 5.92 Å². The maximum atomic E-state index is 5.57. The second-order valence-corrected chi connectivity index (χ2v) is 3.58. The summed E-state index contributed by atoms with van der Waals surface area (Å²) in [6, 6.07) is 0. The molecule has 1 aliphatic heterocycles. The minimum atomic E-state index is 0.605. The highest BCUT2D eigenvalue weighted by Crippen LogP contribution is 2.15. The zero-order valence-electron chi connectivity index (χ0n) is 7.65. The lowest BCUT2D eigenvalue weighted by molar-refractivity contribution is 0.0470. The normalized spacial score (nSPS) is 23.2. The Labute approximate surface area is 77.7 Å². The Morgan fingerprint density at radius 1 is 1.69 bits per heavy atom. The van der Waals surface area contributed by atoms with Gasteiger partial charge in [-0.2, -0.15) is 5.10 Å². The minimum Gasteiger partial charge on any atom is -0.396 e. The molecule has 4 nitrogen and oxygen atoms in total. The third-order valence-corrected chi connectivity index (χ3v) is 2.35. The molecule has 72 valence electrons. The second kappa shape index (κ2) is 3.79. The molecule has 1 saturated heterocycles. The van der Waals surface area contributed by atoms with Gasteiger partial charge in [0.25, 0.3) is 0 Å². The fourth-order valence-corrected chi connectivity index (χ4v) is 1.70. The number of ether oxygens (including phenoxy) is 1. The number of hydrogen-bond acceptors (Lipinski definition) is 3. The van der Waals surface area contributed by atoms with Crippen LogP contribution in [0.5, 0.6) is 0 Å². The molecule has 2 rings (SSSR count). The zero-order valence-corrected chi connectivity index (χ0v) is 7.65. The van der Waals surface area contributed by atoms with Crippen molar-refractivity contribution < 1.29 is 4.74 Å². The van der Waals surface area contributed by atoms with Crippen molar-refractivity contribution in [3.8, 4) is 0 Å². The number of nitrogen functional groups attached to an aromatic ring is 1. The summed E-state index contributed by atoms with van der Waals surface area (Å²) < 4.78 is 7.29. The minimum absolute atomic E-state index is 0.605. The molecule has 0 saturated carbocycles. The van der Waals surface area contributed by atoms with Crippen molar-refractivity contribution in [1.82, 2.24) is 9.78 Å². The summed E-state index contributed by atoms with van der Waals surface area (Å²) in [7, 11) is 0. The van der Waals surface area contributed by atoms with E-state index in [1.165, 1.54) is 12.8 Å². The van der Waals surface area contributed by atoms with Gasteiger partial charge in [-0.25, -0.2) is 0 Å². The Morgan fingerprint density at radius 2 is 2.62 bits per heavy atom. The molecule has 1 atom stereocenters. The Morgan fingerprint density at radius 3 is 3.23 bits per heavy atom. The van der Waals surface area contributed by atoms with E-state index in [4.69, 9.17) is 10.5 Å². The summed E-state index contributed by atoms with van der Waals surface area (Å²) in [6.07, 6.45) is 5.96. The van der Waals surface area contributed by atoms with Crippen molar-refractivity contribution in [2.75, 3.05) is 18.9 Å². The van der Waals surface area contributed by atoms with Crippen LogP contribution in [0, 0.1) is 5.92 Å². The lowest BCUT2D eigenvalue weighted by Gasteiger charge is -2.21. The summed E-state index contributed by atoms with van der Waals surface area (Å²) in [5.74, 6) is 0.605. The maximum Gasteiger partial charge on any atom is 0.0719 e. The molecule has 2 N–H and O–H groups in total. The second-order valence-electron chi connectivity index (χ2n) is 3.58. The summed E-state index contributed by atoms with van der Waals surface area (Å²) in [6.45, 7) is 2.70. The average molecular weight is 181 g/mol. The van der Waals surface area contributed by atoms with E-state index < -0.39 is 0 Å². The van der Waals surface area contributed by atoms with Gasteiger partial charge in [-0.3, -0.25) is 4.68 Å². The van der Waals surface area contributed by atoms with Crippen molar-refractivity contribution in [3.05, 3.63) is 12.4 Å². The first-order valence-corrected chi connectivity index (χ1v) is 4.70. The van der Waals surface area contributed by atoms with Crippen LogP contribution in [0.25, 0.3) is 0 Å². The molecule has 0 spiro atoms. The van der Waals surface area contributed by atoms with Gasteiger partial charge in [-0.05, 0) is 12.8 Å². The Balaban J connectivity index is 1.89. The van der Waals surface area contributed by atoms with E-state index in [1.54, 1.807) is 6.20 Å². The van der Waals surface area contributed by atoms with Gasteiger partial charge in [0.2, 0.25) is 0 Å². The molecule has 4 heteroatoms. The Kier molecular flexibility index (Phi) is 2.49. The fourth-order valence-electron chi connectivity index (χ4n) is 1.70. The third kappa shape index (κ3) is 2.21. The van der Waals surface area contributed by atoms with Crippen LogP contribution in [0.1, 0.15) is 12.8 Å². The van der Waals surface area contributed by atoms with Gasteiger partial charge in [0.15, 0.2) is 0 Å². The van der Waals surface area contributed by atoms with Gasteiger partial charge in [0.1, 0.15) is 0 Å². The lowest BCUT2D eigenvalue weighted by atomic mass is 10.0. The Bertz CT molecular complexity index is 266. The van der Waals surface area contributed by atoms with E-state index >= 15 is 0 Å². The molecular formula is C9H15N3O. The molecule has 13 heavy (non-hydrogen) atoms. The topological polar surface area (TPSA) is 53.1 Å². The molecular weight excluding hydrogens is 166 g/mol. The van der Waals surface area contributed by atoms with Gasteiger partial charge >= 0.3 is 0 Å². The van der Waals surface area contributed by atoms with Crippen molar-refractivity contribution >= 4 is 5.69 Å². The summed E-state index contributed by atoms with van der Waals surface area (Å²) in [5.41, 5.74) is 6.30. The number of aromatic nitrogens is 2. The summed E-state index contributed by atoms with van der Waals surface area (Å²) >= 11 is 0. The summed E-state index contributed by atoms with van der Waals surface area (Å²) in [4.78, 5) is 0. The average Bonchev–Trinajstić information content (AvgIpc) is 2.53. The monoisotopic (exact) mass is 181 g/mol. The van der Waals surface area contributed by atoms with Crippen LogP contribution in [-0.2, 0) is 11.3 Å². The van der Waals surface area contributed by atoms with E-state index in [0.717, 1.165) is 25.4 Å². The molecule has 0 aromatic carbocycles. The van der Waals surface area contributed by atoms with Crippen molar-refractivity contribution in [2.45, 2.75) is 19.4 Å². The maximum absolute atomic E-state index is 5.57. The molecule has 0 radical (unpaired) electrons. The van der Waals surface area contributed by atoms with Gasteiger partial charge in [-0.1, -0.05) is 0 Å². The van der Waals surface area contributed by atoms with Gasteiger partial charge in [0, 0.05) is 25.3 Å². The van der Waals surface area contributed by atoms with Crippen molar-refractivity contribution in [1.29, 1.82) is 0 Å². The number of anilines is 1. The predicted molar refractivity (Wildman–Crippen MR) is 50.2 cm³/mol. The molecule has 1 aliphatic rings. The molecule has 1 fully saturated rings. The number of nitrogens with two attached hydrogens (primary N) is 1. The van der Waals surface area contributed by atoms with E-state index in [9.17, 15) is 0 Å². The van der Waals surface area contributed by atoms with Crippen LogP contribution in [0.3, 0.4) is 0 Å². The smallest absolute Gasteiger partial charge is 0.0719 e. The number of hydrogen-bond donors (Lipinski definition) is 1. The van der Waals surface area contributed by atoms with Crippen LogP contribution in [0.15, 0.2) is 12.4 Å². The molecule has 0 bridgehead atoms. The van der Waals surface area contributed by atoms with E-state index in [2.05, 4.69) is 5.10 Å². The van der Waals surface area contributed by atoms with Crippen LogP contribution >= 0.6 is 0 Å². The summed E-state index contributed by atoms with van der Waals surface area (Å²) in [5, 5.41) is 4.15. The molecule has 0 aliphatic carbocycles. The zero-order chi connectivity index (χ0) is 9.10. The van der Waals surface area contributed by atoms with Crippen molar-refractivity contribution in [2.24, 2.45) is 5.92 Å². The quantitative estimate of drug-likeness (QED) is 0.737. The van der Waals surface area contributed by atoms with E-state index in [1.807, 2.05) is 10.9 Å². The van der Waals surface area contributed by atoms with Gasteiger partial charge in [-0.15, -0.1) is 0 Å². The predicted octanol–water partition coefficient (Wildman–Crippen LogP) is 0.892. The Hall–Kier alpha value is -1.03. The van der Waals surface area contributed by atoms with Crippen LogP contribution in [-0.4, -0.2) is 23.0 Å². The fraction of sp³-hybridized carbons (Fsp3) is 0.667. The molecule has 0 unspecified atom stereocenters. The highest BCUT2D eigenvalue weighted by atomic mass is 16.5. The SMILES string of the molecule is Nc1cnn(C[C@H]2CCCOC2)c1. The molecule has 2 heterocycles. The first-order chi connectivity index (χ1) is 6.34. The van der Waals surface area contributed by atoms with Crippen LogP contribution < -0.4 is 5.73 Å². The van der Waals surface area contributed by atoms with Gasteiger partial charge in [0.05, 0.1) is 18.5 Å². The highest BCUT2D eigenvalue weighted by molar-refractivity contribution is 5.30. The lowest BCUT2D eigenvalue weighted by Crippen LogP contribution is -2.22. The van der Waals surface area contributed by atoms with Crippen LogP contribution in [0.2, 0.25) is 0 Å². The standard InChI is InChI=1S/C9H15N3O/c10-9-4-11-12(6-9)5-8-2-1-3-13-7-8/h4,6,8H,1-3,5,7,10H2/t8-/m1/s1. The third-order valence-electron chi connectivity index (χ3n) is 2.35. The first kappa shape index (κ1) is 8.56. The molecule has 1 aromatic rings. The first-order valence-electron chi connectivity index (χ1n) is 4.70. The highest BCUT2D eigenvalue weighted by Gasteiger charge is 2.14. The largest absolute Gasteiger partial charge is 0.396 e. The van der Waals surface area contributed by atoms with Crippen molar-refractivity contribution in [3.63, 3.8) is 0 Å². The molecule has 0 amide bonds. The number of rotatable bonds is 2. The van der Waals surface area contributed by atoms with Gasteiger partial charge < -0.3 is 10.5 Å². The number of nitrogens with zero attached hydrogens (tertiary/aromatic N) is 2. The van der Waals surface area contributed by atoms with Crippen LogP contribution in [0.4, 0.5) is 5.69 Å². The molecule has 1 aromatic heterocycles. The van der Waals surface area contributed by atoms with E-state index in [-0.39, 0.29) is 0 Å².